The Kier molecular flexibility index (Phi) is 15.8. The summed E-state index contributed by atoms with van der Waals surface area (Å²) in [5, 5.41) is 8.57. The van der Waals surface area contributed by atoms with E-state index in [9.17, 15) is 0 Å². The summed E-state index contributed by atoms with van der Waals surface area (Å²) in [7, 11) is 1.97. The number of hydrogen-bond acceptors (Lipinski definition) is 8. The van der Waals surface area contributed by atoms with Crippen molar-refractivity contribution in [1.29, 1.82) is 0 Å². The van der Waals surface area contributed by atoms with Crippen molar-refractivity contribution >= 4 is 53.0 Å². The number of carbonyl (C=O) groups is 1. The number of aliphatic imine (C=N–C) groups is 2. The van der Waals surface area contributed by atoms with Gasteiger partial charge in [-0.2, -0.15) is 0 Å². The highest BCUT2D eigenvalue weighted by atomic mass is 35.5. The maximum absolute atomic E-state index is 8.00. The van der Waals surface area contributed by atoms with Crippen LogP contribution in [0.25, 0.3) is 0 Å². The molecule has 0 aliphatic carbocycles. The van der Waals surface area contributed by atoms with E-state index in [0.29, 0.717) is 12.6 Å². The SMILES string of the molecule is C#C.C/C=C\C=C1/CN=C(CN2CCN(C(c3ccc(Cl)cc3)c3ccc(Cl)cc3)CC2)N=C1N1CCC(Nc2ccccc2NC)CC1.C=O. The first-order chi connectivity index (χ1) is 25.0. The van der Waals surface area contributed by atoms with Crippen LogP contribution in [0, 0.1) is 12.8 Å². The minimum atomic E-state index is 0.145. The molecule has 3 aromatic rings. The van der Waals surface area contributed by atoms with Gasteiger partial charge in [0.05, 0.1) is 30.5 Å². The number of anilines is 2. The van der Waals surface area contributed by atoms with Gasteiger partial charge in [0.25, 0.3) is 0 Å². The van der Waals surface area contributed by atoms with Gasteiger partial charge in [-0.1, -0.05) is 77.8 Å². The van der Waals surface area contributed by atoms with E-state index in [2.05, 4.69) is 112 Å². The number of amidine groups is 2. The van der Waals surface area contributed by atoms with Crippen LogP contribution in [0.4, 0.5) is 11.4 Å². The fourth-order valence-corrected chi connectivity index (χ4v) is 6.99. The molecular weight excluding hydrogens is 677 g/mol. The molecule has 2 fully saturated rings. The molecule has 51 heavy (non-hydrogen) atoms. The molecule has 3 heterocycles. The van der Waals surface area contributed by atoms with Crippen molar-refractivity contribution in [2.75, 3.05) is 70.0 Å². The quantitative estimate of drug-likeness (QED) is 0.220. The lowest BCUT2D eigenvalue weighted by Crippen LogP contribution is -2.49. The van der Waals surface area contributed by atoms with Gasteiger partial charge in [-0.15, -0.1) is 12.8 Å². The van der Waals surface area contributed by atoms with E-state index in [-0.39, 0.29) is 6.04 Å². The number of halogens is 2. The lowest BCUT2D eigenvalue weighted by Gasteiger charge is -2.40. The average Bonchev–Trinajstić information content (AvgIpc) is 3.18. The van der Waals surface area contributed by atoms with E-state index in [1.165, 1.54) is 22.4 Å². The Morgan fingerprint density at radius 2 is 1.43 bits per heavy atom. The van der Waals surface area contributed by atoms with Crippen molar-refractivity contribution in [3.8, 4) is 12.8 Å². The van der Waals surface area contributed by atoms with Crippen LogP contribution < -0.4 is 10.6 Å². The topological polar surface area (TPSA) is 75.6 Å². The number of benzene rings is 3. The van der Waals surface area contributed by atoms with Crippen LogP contribution >= 0.6 is 23.2 Å². The Bertz CT molecular complexity index is 1620. The molecule has 0 saturated carbocycles. The molecule has 0 spiro atoms. The zero-order valence-electron chi connectivity index (χ0n) is 29.6. The predicted octanol–water partition coefficient (Wildman–Crippen LogP) is 7.70. The van der Waals surface area contributed by atoms with Crippen molar-refractivity contribution in [2.45, 2.75) is 31.8 Å². The lowest BCUT2D eigenvalue weighted by molar-refractivity contribution is -0.0980. The van der Waals surface area contributed by atoms with Crippen LogP contribution in [0.5, 0.6) is 0 Å². The monoisotopic (exact) mass is 725 g/mol. The Labute approximate surface area is 313 Å². The maximum Gasteiger partial charge on any atom is 0.140 e. The molecule has 0 atom stereocenters. The fraction of sp³-hybridized carbons (Fsp3) is 0.341. The van der Waals surface area contributed by atoms with E-state index in [4.69, 9.17) is 38.0 Å². The lowest BCUT2D eigenvalue weighted by atomic mass is 9.96. The third-order valence-corrected chi connectivity index (χ3v) is 9.81. The standard InChI is InChI=1S/C38H45Cl2N7.C2H2.CH2O/c1-3-4-7-30-26-42-36(44-38(30)47-20-18-33(19-21-47)43-35-9-6-5-8-34(35)41-2)27-45-22-24-46(25-23-45)37(28-10-14-31(39)15-11-28)29-12-16-32(40)17-13-29;2*1-2/h3-17,33,37,41,43H,18-27H2,1-2H3;1-2H;1H2/b4-3-,30-7+;;. The third-order valence-electron chi connectivity index (χ3n) is 9.30. The zero-order chi connectivity index (χ0) is 36.6. The largest absolute Gasteiger partial charge is 0.386 e. The van der Waals surface area contributed by atoms with E-state index in [1.807, 2.05) is 38.1 Å². The van der Waals surface area contributed by atoms with Gasteiger partial charge < -0.3 is 20.3 Å². The normalized spacial score (nSPS) is 17.9. The smallest absolute Gasteiger partial charge is 0.140 e. The maximum atomic E-state index is 8.00. The van der Waals surface area contributed by atoms with Gasteiger partial charge in [-0.3, -0.25) is 14.8 Å². The number of para-hydroxylation sites is 2. The van der Waals surface area contributed by atoms with E-state index < -0.39 is 0 Å². The number of piperidine rings is 1. The molecule has 0 aromatic heterocycles. The first kappa shape index (κ1) is 39.4. The highest BCUT2D eigenvalue weighted by molar-refractivity contribution is 6.30. The molecule has 3 aliphatic heterocycles. The Balaban J connectivity index is 0.00000141. The number of terminal acetylenes is 1. The fourth-order valence-electron chi connectivity index (χ4n) is 6.74. The molecule has 0 unspecified atom stereocenters. The van der Waals surface area contributed by atoms with Gasteiger partial charge in [0.1, 0.15) is 18.5 Å². The van der Waals surface area contributed by atoms with E-state index in [0.717, 1.165) is 86.1 Å². The number of piperazine rings is 1. The summed E-state index contributed by atoms with van der Waals surface area (Å²) in [6, 6.07) is 25.5. The molecule has 3 aromatic carbocycles. The Hall–Kier alpha value is -4.39. The highest BCUT2D eigenvalue weighted by Gasteiger charge is 2.29. The molecule has 2 N–H and O–H groups in total. The average molecular weight is 727 g/mol. The minimum absolute atomic E-state index is 0.145. The van der Waals surface area contributed by atoms with Gasteiger partial charge >= 0.3 is 0 Å². The molecule has 2 saturated heterocycles. The second kappa shape index (κ2) is 20.5. The summed E-state index contributed by atoms with van der Waals surface area (Å²) < 4.78 is 0. The van der Waals surface area contributed by atoms with Crippen LogP contribution in [0.3, 0.4) is 0 Å². The molecular formula is C41H49Cl2N7O. The second-order valence-corrected chi connectivity index (χ2v) is 13.3. The number of likely N-dealkylation sites (tertiary alicyclic amines) is 1. The van der Waals surface area contributed by atoms with Crippen molar-refractivity contribution < 1.29 is 4.79 Å². The van der Waals surface area contributed by atoms with E-state index >= 15 is 0 Å². The molecule has 0 radical (unpaired) electrons. The number of rotatable bonds is 9. The van der Waals surface area contributed by atoms with Crippen LogP contribution in [0.15, 0.2) is 107 Å². The van der Waals surface area contributed by atoms with Gasteiger partial charge in [0.2, 0.25) is 0 Å². The van der Waals surface area contributed by atoms with Gasteiger partial charge in [0.15, 0.2) is 0 Å². The summed E-state index contributed by atoms with van der Waals surface area (Å²) in [6.45, 7) is 11.2. The number of allylic oxidation sites excluding steroid dienone is 3. The zero-order valence-corrected chi connectivity index (χ0v) is 31.2. The van der Waals surface area contributed by atoms with Crippen LogP contribution in [-0.4, -0.2) is 98.6 Å². The molecule has 0 bridgehead atoms. The molecule has 10 heteroatoms. The van der Waals surface area contributed by atoms with Crippen LogP contribution in [-0.2, 0) is 4.79 Å². The summed E-state index contributed by atoms with van der Waals surface area (Å²) in [5.41, 5.74) is 5.97. The molecule has 8 nitrogen and oxygen atoms in total. The Morgan fingerprint density at radius 3 is 1.98 bits per heavy atom. The first-order valence-electron chi connectivity index (χ1n) is 17.3. The van der Waals surface area contributed by atoms with Crippen LogP contribution in [0.2, 0.25) is 10.0 Å². The number of nitrogens with zero attached hydrogens (tertiary/aromatic N) is 5. The van der Waals surface area contributed by atoms with Gasteiger partial charge in [0, 0.05) is 68.0 Å². The summed E-state index contributed by atoms with van der Waals surface area (Å²) in [6.07, 6.45) is 16.5. The van der Waals surface area contributed by atoms with Crippen molar-refractivity contribution in [3.05, 3.63) is 118 Å². The molecule has 6 rings (SSSR count). The van der Waals surface area contributed by atoms with Crippen molar-refractivity contribution in [2.24, 2.45) is 9.98 Å². The van der Waals surface area contributed by atoms with Gasteiger partial charge in [-0.05, 0) is 67.3 Å². The summed E-state index contributed by atoms with van der Waals surface area (Å²) in [5.74, 6) is 2.02. The molecule has 0 amide bonds. The van der Waals surface area contributed by atoms with Crippen molar-refractivity contribution in [3.63, 3.8) is 0 Å². The summed E-state index contributed by atoms with van der Waals surface area (Å²) in [4.78, 5) is 25.7. The second-order valence-electron chi connectivity index (χ2n) is 12.4. The first-order valence-corrected chi connectivity index (χ1v) is 18.1. The minimum Gasteiger partial charge on any atom is -0.386 e. The summed E-state index contributed by atoms with van der Waals surface area (Å²) >= 11 is 12.5. The third kappa shape index (κ3) is 10.8. The van der Waals surface area contributed by atoms with Crippen molar-refractivity contribution in [1.82, 2.24) is 14.7 Å². The molecule has 3 aliphatic rings. The predicted molar refractivity (Wildman–Crippen MR) is 217 cm³/mol. The number of nitrogens with one attached hydrogen (secondary N) is 2. The van der Waals surface area contributed by atoms with Gasteiger partial charge in [-0.25, -0.2) is 4.99 Å². The van der Waals surface area contributed by atoms with Crippen LogP contribution in [0.1, 0.15) is 36.9 Å². The van der Waals surface area contributed by atoms with E-state index in [1.54, 1.807) is 0 Å². The molecule has 268 valence electrons. The Morgan fingerprint density at radius 1 is 0.863 bits per heavy atom. The highest BCUT2D eigenvalue weighted by Crippen LogP contribution is 2.31. The number of carbonyl (C=O) groups excluding carboxylic acids is 1. The number of hydrogen-bond donors (Lipinski definition) is 2.